The van der Waals surface area contributed by atoms with E-state index in [-0.39, 0.29) is 5.82 Å². The molecule has 2 nitrogen and oxygen atoms in total. The lowest BCUT2D eigenvalue weighted by Gasteiger charge is -2.12. The summed E-state index contributed by atoms with van der Waals surface area (Å²) in [6.45, 7) is 1.74. The molecule has 0 spiro atoms. The Morgan fingerprint density at radius 1 is 1.00 bits per heavy atom. The topological polar surface area (TPSA) is 24.1 Å². The van der Waals surface area contributed by atoms with E-state index in [1.54, 1.807) is 13.0 Å². The van der Waals surface area contributed by atoms with Crippen molar-refractivity contribution in [3.05, 3.63) is 58.9 Å². The molecule has 21 heavy (non-hydrogen) atoms. The van der Waals surface area contributed by atoms with E-state index in [2.05, 4.69) is 22.8 Å². The monoisotopic (exact) mass is 300 g/mol. The van der Waals surface area contributed by atoms with Crippen molar-refractivity contribution < 1.29 is 4.39 Å². The van der Waals surface area contributed by atoms with Gasteiger partial charge in [-0.2, -0.15) is 0 Å². The third-order valence-electron chi connectivity index (χ3n) is 3.79. The molecule has 1 aliphatic carbocycles. The Labute approximate surface area is 129 Å². The SMILES string of the molecule is Cc1ccc(NC(=S)Nc2ccc3c(c2)CCC3)cc1F. The number of rotatable bonds is 2. The maximum atomic E-state index is 13.5. The van der Waals surface area contributed by atoms with Crippen LogP contribution < -0.4 is 10.6 Å². The first-order chi connectivity index (χ1) is 10.1. The fourth-order valence-corrected chi connectivity index (χ4v) is 2.85. The molecule has 0 fully saturated rings. The van der Waals surface area contributed by atoms with Gasteiger partial charge in [-0.25, -0.2) is 4.39 Å². The Bertz CT molecular complexity index is 697. The van der Waals surface area contributed by atoms with Gasteiger partial charge in [0.1, 0.15) is 5.82 Å². The number of aryl methyl sites for hydroxylation is 3. The molecule has 0 amide bonds. The van der Waals surface area contributed by atoms with E-state index < -0.39 is 0 Å². The molecule has 0 saturated heterocycles. The smallest absolute Gasteiger partial charge is 0.175 e. The Balaban J connectivity index is 1.67. The predicted molar refractivity (Wildman–Crippen MR) is 89.4 cm³/mol. The number of halogens is 1. The summed E-state index contributed by atoms with van der Waals surface area (Å²) in [7, 11) is 0. The van der Waals surface area contributed by atoms with Crippen molar-refractivity contribution in [3.63, 3.8) is 0 Å². The van der Waals surface area contributed by atoms with Crippen LogP contribution in [-0.4, -0.2) is 5.11 Å². The lowest BCUT2D eigenvalue weighted by Crippen LogP contribution is -2.19. The fraction of sp³-hybridized carbons (Fsp3) is 0.235. The first-order valence-electron chi connectivity index (χ1n) is 7.08. The molecular formula is C17H17FN2S. The molecule has 0 bridgehead atoms. The maximum Gasteiger partial charge on any atom is 0.175 e. The standard InChI is InChI=1S/C17H17FN2S/c1-11-5-7-15(10-16(11)18)20-17(21)19-14-8-6-12-3-2-4-13(12)9-14/h5-10H,2-4H2,1H3,(H2,19,20,21). The number of thiocarbonyl (C=S) groups is 1. The van der Waals surface area contributed by atoms with Gasteiger partial charge in [-0.15, -0.1) is 0 Å². The lowest BCUT2D eigenvalue weighted by molar-refractivity contribution is 0.619. The molecular weight excluding hydrogens is 283 g/mol. The molecule has 2 aromatic carbocycles. The molecule has 0 unspecified atom stereocenters. The highest BCUT2D eigenvalue weighted by atomic mass is 32.1. The molecule has 0 aliphatic heterocycles. The van der Waals surface area contributed by atoms with Crippen molar-refractivity contribution in [2.24, 2.45) is 0 Å². The zero-order valence-electron chi connectivity index (χ0n) is 11.9. The highest BCUT2D eigenvalue weighted by molar-refractivity contribution is 7.80. The van der Waals surface area contributed by atoms with Crippen molar-refractivity contribution in [3.8, 4) is 0 Å². The molecule has 4 heteroatoms. The number of hydrogen-bond acceptors (Lipinski definition) is 1. The second kappa shape index (κ2) is 5.82. The summed E-state index contributed by atoms with van der Waals surface area (Å²) in [6.07, 6.45) is 3.53. The van der Waals surface area contributed by atoms with Crippen LogP contribution in [0, 0.1) is 12.7 Å². The van der Waals surface area contributed by atoms with Gasteiger partial charge in [0.25, 0.3) is 0 Å². The third kappa shape index (κ3) is 3.22. The van der Waals surface area contributed by atoms with Crippen LogP contribution >= 0.6 is 12.2 Å². The zero-order valence-corrected chi connectivity index (χ0v) is 12.7. The highest BCUT2D eigenvalue weighted by Gasteiger charge is 2.11. The van der Waals surface area contributed by atoms with Gasteiger partial charge in [0, 0.05) is 11.4 Å². The van der Waals surface area contributed by atoms with E-state index in [0.29, 0.717) is 16.4 Å². The van der Waals surface area contributed by atoms with Gasteiger partial charge in [-0.3, -0.25) is 0 Å². The number of anilines is 2. The van der Waals surface area contributed by atoms with Crippen LogP contribution in [0.3, 0.4) is 0 Å². The molecule has 0 saturated carbocycles. The molecule has 1 aliphatic rings. The van der Waals surface area contributed by atoms with Gasteiger partial charge in [-0.05, 0) is 79.4 Å². The van der Waals surface area contributed by atoms with Crippen molar-refractivity contribution in [2.45, 2.75) is 26.2 Å². The first kappa shape index (κ1) is 14.0. The third-order valence-corrected chi connectivity index (χ3v) is 3.99. The van der Waals surface area contributed by atoms with Crippen molar-refractivity contribution in [1.82, 2.24) is 0 Å². The minimum Gasteiger partial charge on any atom is -0.332 e. The van der Waals surface area contributed by atoms with Gasteiger partial charge >= 0.3 is 0 Å². The summed E-state index contributed by atoms with van der Waals surface area (Å²) in [5.41, 5.74) is 5.07. The minimum absolute atomic E-state index is 0.236. The molecule has 0 radical (unpaired) electrons. The number of nitrogens with one attached hydrogen (secondary N) is 2. The first-order valence-corrected chi connectivity index (χ1v) is 7.48. The summed E-state index contributed by atoms with van der Waals surface area (Å²) in [6, 6.07) is 11.3. The molecule has 0 aromatic heterocycles. The Morgan fingerprint density at radius 3 is 2.43 bits per heavy atom. The van der Waals surface area contributed by atoms with Crippen LogP contribution in [0.25, 0.3) is 0 Å². The van der Waals surface area contributed by atoms with E-state index >= 15 is 0 Å². The number of benzene rings is 2. The van der Waals surface area contributed by atoms with Crippen LogP contribution in [0.1, 0.15) is 23.1 Å². The van der Waals surface area contributed by atoms with Crippen LogP contribution in [0.2, 0.25) is 0 Å². The van der Waals surface area contributed by atoms with Gasteiger partial charge in [0.05, 0.1) is 0 Å². The molecule has 2 N–H and O–H groups in total. The van der Waals surface area contributed by atoms with Gasteiger partial charge in [0.2, 0.25) is 0 Å². The normalized spacial score (nSPS) is 12.9. The number of hydrogen-bond donors (Lipinski definition) is 2. The zero-order chi connectivity index (χ0) is 14.8. The van der Waals surface area contributed by atoms with Crippen LogP contribution in [-0.2, 0) is 12.8 Å². The number of fused-ring (bicyclic) bond motifs is 1. The largest absolute Gasteiger partial charge is 0.332 e. The molecule has 0 heterocycles. The Morgan fingerprint density at radius 2 is 1.67 bits per heavy atom. The summed E-state index contributed by atoms with van der Waals surface area (Å²) in [4.78, 5) is 0. The van der Waals surface area contributed by atoms with Gasteiger partial charge in [0.15, 0.2) is 5.11 Å². The molecule has 108 valence electrons. The molecule has 2 aromatic rings. The fourth-order valence-electron chi connectivity index (χ4n) is 2.61. The Kier molecular flexibility index (Phi) is 3.88. The van der Waals surface area contributed by atoms with E-state index in [1.807, 2.05) is 12.1 Å². The van der Waals surface area contributed by atoms with Crippen molar-refractivity contribution in [1.29, 1.82) is 0 Å². The van der Waals surface area contributed by atoms with Gasteiger partial charge in [-0.1, -0.05) is 12.1 Å². The Hall–Kier alpha value is -1.94. The predicted octanol–water partition coefficient (Wildman–Crippen LogP) is 4.43. The lowest BCUT2D eigenvalue weighted by atomic mass is 10.1. The summed E-state index contributed by atoms with van der Waals surface area (Å²) in [5.74, 6) is -0.236. The summed E-state index contributed by atoms with van der Waals surface area (Å²) < 4.78 is 13.5. The van der Waals surface area contributed by atoms with E-state index in [1.165, 1.54) is 30.0 Å². The van der Waals surface area contributed by atoms with Crippen LogP contribution in [0.15, 0.2) is 36.4 Å². The van der Waals surface area contributed by atoms with E-state index in [4.69, 9.17) is 12.2 Å². The second-order valence-corrected chi connectivity index (χ2v) is 5.79. The summed E-state index contributed by atoms with van der Waals surface area (Å²) >= 11 is 5.28. The average Bonchev–Trinajstić information content (AvgIpc) is 2.90. The maximum absolute atomic E-state index is 13.5. The quantitative estimate of drug-likeness (QED) is 0.802. The highest BCUT2D eigenvalue weighted by Crippen LogP contribution is 2.25. The molecule has 3 rings (SSSR count). The van der Waals surface area contributed by atoms with Crippen molar-refractivity contribution in [2.75, 3.05) is 10.6 Å². The minimum atomic E-state index is -0.236. The van der Waals surface area contributed by atoms with E-state index in [9.17, 15) is 4.39 Å². The average molecular weight is 300 g/mol. The molecule has 0 atom stereocenters. The van der Waals surface area contributed by atoms with Crippen molar-refractivity contribution >= 4 is 28.7 Å². The van der Waals surface area contributed by atoms with Gasteiger partial charge < -0.3 is 10.6 Å². The van der Waals surface area contributed by atoms with E-state index in [0.717, 1.165) is 12.1 Å². The van der Waals surface area contributed by atoms with Crippen LogP contribution in [0.5, 0.6) is 0 Å². The van der Waals surface area contributed by atoms with Crippen LogP contribution in [0.4, 0.5) is 15.8 Å². The summed E-state index contributed by atoms with van der Waals surface area (Å²) in [5, 5.41) is 6.63. The second-order valence-electron chi connectivity index (χ2n) is 5.38.